The topological polar surface area (TPSA) is 57.8 Å². The Bertz CT molecular complexity index is 1220. The minimum absolute atomic E-state index is 0.0352. The highest BCUT2D eigenvalue weighted by Crippen LogP contribution is 2.26. The maximum Gasteiger partial charge on any atom is 0.158 e. The molecule has 1 unspecified atom stereocenters. The monoisotopic (exact) mass is 417 g/mol. The van der Waals surface area contributed by atoms with Crippen molar-refractivity contribution in [3.05, 3.63) is 89.3 Å². The van der Waals surface area contributed by atoms with Crippen molar-refractivity contribution in [1.82, 2.24) is 24.3 Å². The summed E-state index contributed by atoms with van der Waals surface area (Å²) >= 11 is 0. The number of rotatable bonds is 6. The lowest BCUT2D eigenvalue weighted by Gasteiger charge is -2.09. The molecule has 0 amide bonds. The van der Waals surface area contributed by atoms with Gasteiger partial charge in [0.15, 0.2) is 11.6 Å². The van der Waals surface area contributed by atoms with Crippen molar-refractivity contribution in [3.63, 3.8) is 0 Å². The molecule has 31 heavy (non-hydrogen) atoms. The van der Waals surface area contributed by atoms with Crippen molar-refractivity contribution in [2.24, 2.45) is 7.05 Å². The molecule has 0 fully saturated rings. The molecule has 0 aliphatic rings. The summed E-state index contributed by atoms with van der Waals surface area (Å²) in [6, 6.07) is 12.4. The molecule has 4 aromatic rings. The normalized spacial score (nSPS) is 12.4. The predicted octanol–water partition coefficient (Wildman–Crippen LogP) is 4.78. The number of imidazole rings is 1. The van der Waals surface area contributed by atoms with E-state index in [4.69, 9.17) is 4.74 Å². The molecule has 2 heterocycles. The van der Waals surface area contributed by atoms with Gasteiger partial charge in [-0.1, -0.05) is 31.2 Å². The van der Waals surface area contributed by atoms with Gasteiger partial charge < -0.3 is 9.30 Å². The van der Waals surface area contributed by atoms with Crippen molar-refractivity contribution in [1.29, 1.82) is 0 Å². The zero-order valence-corrected chi connectivity index (χ0v) is 18.0. The maximum atomic E-state index is 13.2. The second-order valence-corrected chi connectivity index (χ2v) is 7.41. The maximum absolute atomic E-state index is 13.2. The first-order valence-electron chi connectivity index (χ1n) is 9.98. The fraction of sp³-hybridized carbons (Fsp3) is 0.208. The van der Waals surface area contributed by atoms with Gasteiger partial charge in [0.25, 0.3) is 0 Å². The summed E-state index contributed by atoms with van der Waals surface area (Å²) in [5.74, 6) is 1.89. The van der Waals surface area contributed by atoms with Crippen molar-refractivity contribution >= 4 is 12.2 Å². The van der Waals surface area contributed by atoms with E-state index in [1.54, 1.807) is 30.3 Å². The van der Waals surface area contributed by atoms with E-state index in [0.29, 0.717) is 5.82 Å². The van der Waals surface area contributed by atoms with E-state index in [1.807, 2.05) is 62.0 Å². The Kier molecular flexibility index (Phi) is 5.66. The molecule has 158 valence electrons. The molecule has 7 heteroatoms. The fourth-order valence-electron chi connectivity index (χ4n) is 3.38. The van der Waals surface area contributed by atoms with Crippen molar-refractivity contribution in [3.8, 4) is 11.4 Å². The van der Waals surface area contributed by atoms with E-state index in [-0.39, 0.29) is 11.7 Å². The summed E-state index contributed by atoms with van der Waals surface area (Å²) in [6.45, 7) is 3.96. The molecule has 2 aromatic heterocycles. The molecule has 0 radical (unpaired) electrons. The summed E-state index contributed by atoms with van der Waals surface area (Å²) in [5.41, 5.74) is 3.82. The van der Waals surface area contributed by atoms with Crippen LogP contribution in [0, 0.1) is 12.7 Å². The molecule has 1 atom stereocenters. The highest BCUT2D eigenvalue weighted by molar-refractivity contribution is 5.69. The molecule has 6 nitrogen and oxygen atoms in total. The van der Waals surface area contributed by atoms with Crippen LogP contribution in [0.3, 0.4) is 0 Å². The van der Waals surface area contributed by atoms with Gasteiger partial charge in [-0.05, 0) is 48.4 Å². The van der Waals surface area contributed by atoms with E-state index in [0.717, 1.165) is 34.1 Å². The first kappa shape index (κ1) is 20.5. The zero-order valence-electron chi connectivity index (χ0n) is 18.0. The van der Waals surface area contributed by atoms with Crippen molar-refractivity contribution in [2.75, 3.05) is 7.11 Å². The van der Waals surface area contributed by atoms with Crippen LogP contribution in [0.25, 0.3) is 17.8 Å². The number of ether oxygens (including phenoxy) is 1. The Morgan fingerprint density at radius 2 is 1.87 bits per heavy atom. The largest absolute Gasteiger partial charge is 0.495 e. The molecule has 0 bridgehead atoms. The first-order chi connectivity index (χ1) is 14.9. The van der Waals surface area contributed by atoms with Crippen LogP contribution in [0.5, 0.6) is 5.75 Å². The van der Waals surface area contributed by atoms with Gasteiger partial charge in [-0.15, -0.1) is 0 Å². The number of methoxy groups -OCH3 is 1. The van der Waals surface area contributed by atoms with Gasteiger partial charge in [-0.3, -0.25) is 0 Å². The third kappa shape index (κ3) is 4.40. The van der Waals surface area contributed by atoms with Crippen molar-refractivity contribution in [2.45, 2.75) is 19.8 Å². The molecule has 0 aliphatic heterocycles. The number of aryl methyl sites for hydroxylation is 2. The quantitative estimate of drug-likeness (QED) is 0.453. The number of halogens is 1. The van der Waals surface area contributed by atoms with Crippen LogP contribution in [0.1, 0.15) is 41.3 Å². The van der Waals surface area contributed by atoms with Crippen LogP contribution in [0.15, 0.2) is 55.0 Å². The van der Waals surface area contributed by atoms with E-state index < -0.39 is 0 Å². The Morgan fingerprint density at radius 3 is 2.55 bits per heavy atom. The minimum Gasteiger partial charge on any atom is -0.495 e. The van der Waals surface area contributed by atoms with Crippen LogP contribution in [0.2, 0.25) is 0 Å². The zero-order chi connectivity index (χ0) is 22.0. The summed E-state index contributed by atoms with van der Waals surface area (Å²) < 4.78 is 22.5. The number of hydrogen-bond acceptors (Lipinski definition) is 4. The second-order valence-electron chi connectivity index (χ2n) is 7.41. The summed E-state index contributed by atoms with van der Waals surface area (Å²) in [7, 11) is 3.51. The van der Waals surface area contributed by atoms with Gasteiger partial charge in [0.05, 0.1) is 24.8 Å². The lowest BCUT2D eigenvalue weighted by Crippen LogP contribution is -2.00. The Balaban J connectivity index is 1.56. The fourth-order valence-corrected chi connectivity index (χ4v) is 3.38. The van der Waals surface area contributed by atoms with Crippen LogP contribution >= 0.6 is 0 Å². The number of nitrogens with zero attached hydrogens (tertiary/aromatic N) is 5. The highest BCUT2D eigenvalue weighted by atomic mass is 19.1. The highest BCUT2D eigenvalue weighted by Gasteiger charge is 2.15. The smallest absolute Gasteiger partial charge is 0.158 e. The number of benzene rings is 2. The molecule has 4 rings (SSSR count). The third-order valence-corrected chi connectivity index (χ3v) is 5.19. The molecular weight excluding hydrogens is 393 g/mol. The molecule has 0 saturated heterocycles. The molecule has 0 N–H and O–H groups in total. The second kappa shape index (κ2) is 8.55. The average molecular weight is 417 g/mol. The van der Waals surface area contributed by atoms with Crippen LogP contribution in [-0.2, 0) is 7.05 Å². The lowest BCUT2D eigenvalue weighted by atomic mass is 10.0. The Labute approximate surface area is 180 Å². The van der Waals surface area contributed by atoms with Crippen LogP contribution < -0.4 is 4.74 Å². The lowest BCUT2D eigenvalue weighted by molar-refractivity contribution is 0.413. The van der Waals surface area contributed by atoms with Gasteiger partial charge in [0.1, 0.15) is 11.6 Å². The average Bonchev–Trinajstić information content (AvgIpc) is 3.37. The summed E-state index contributed by atoms with van der Waals surface area (Å²) in [6.07, 6.45) is 7.62. The van der Waals surface area contributed by atoms with Gasteiger partial charge in [-0.25, -0.2) is 19.0 Å². The molecule has 2 aromatic carbocycles. The van der Waals surface area contributed by atoms with Gasteiger partial charge in [0.2, 0.25) is 0 Å². The van der Waals surface area contributed by atoms with Crippen LogP contribution in [-0.4, -0.2) is 31.4 Å². The van der Waals surface area contributed by atoms with Crippen molar-refractivity contribution < 1.29 is 9.13 Å². The van der Waals surface area contributed by atoms with E-state index in [9.17, 15) is 4.39 Å². The van der Waals surface area contributed by atoms with Gasteiger partial charge in [-0.2, -0.15) is 5.10 Å². The SMILES string of the molecule is COc1cc(C=Cc2nc(C(C)c3ccc(F)cc3)nn2C)ccc1-n1cnc(C)c1. The van der Waals surface area contributed by atoms with Gasteiger partial charge in [0, 0.05) is 19.2 Å². The predicted molar refractivity (Wildman–Crippen MR) is 119 cm³/mol. The van der Waals surface area contributed by atoms with E-state index >= 15 is 0 Å². The first-order valence-corrected chi connectivity index (χ1v) is 9.98. The number of hydrogen-bond donors (Lipinski definition) is 0. The Hall–Kier alpha value is -3.74. The van der Waals surface area contributed by atoms with Gasteiger partial charge >= 0.3 is 0 Å². The Morgan fingerprint density at radius 1 is 1.10 bits per heavy atom. The number of aromatic nitrogens is 5. The molecule has 0 saturated carbocycles. The molecule has 0 spiro atoms. The summed E-state index contributed by atoms with van der Waals surface area (Å²) in [5, 5.41) is 4.54. The molecule has 0 aliphatic carbocycles. The van der Waals surface area contributed by atoms with E-state index in [2.05, 4.69) is 15.1 Å². The standard InChI is InChI=1S/C24H24FN5O/c1-16-14-30(15-26-16)21-11-5-18(13-22(21)31-4)6-12-23-27-24(28-29(23)3)17(2)19-7-9-20(25)10-8-19/h5-15,17H,1-4H3. The van der Waals surface area contributed by atoms with E-state index in [1.165, 1.54) is 12.1 Å². The third-order valence-electron chi connectivity index (χ3n) is 5.19. The van der Waals surface area contributed by atoms with Crippen LogP contribution in [0.4, 0.5) is 4.39 Å². The minimum atomic E-state index is -0.252. The summed E-state index contributed by atoms with van der Waals surface area (Å²) in [4.78, 5) is 8.94. The molecular formula is C24H24FN5O.